The molecule has 21 heavy (non-hydrogen) atoms. The molecule has 1 fully saturated rings. The van der Waals surface area contributed by atoms with E-state index in [1.807, 2.05) is 0 Å². The van der Waals surface area contributed by atoms with Crippen LogP contribution in [0.25, 0.3) is 0 Å². The molecule has 2 aromatic rings. The molecule has 1 saturated carbocycles. The van der Waals surface area contributed by atoms with Crippen molar-refractivity contribution in [1.29, 1.82) is 0 Å². The maximum absolute atomic E-state index is 13.6. The van der Waals surface area contributed by atoms with Crippen LogP contribution in [0.1, 0.15) is 49.4 Å². The Kier molecular flexibility index (Phi) is 3.71. The van der Waals surface area contributed by atoms with Gasteiger partial charge in [0, 0.05) is 12.5 Å². The number of rotatable bonds is 3. The summed E-state index contributed by atoms with van der Waals surface area (Å²) in [5.41, 5.74) is 6.08. The lowest BCUT2D eigenvalue weighted by atomic mass is 9.82. The third kappa shape index (κ3) is 2.95. The lowest BCUT2D eigenvalue weighted by Gasteiger charge is -2.29. The van der Waals surface area contributed by atoms with Gasteiger partial charge in [-0.2, -0.15) is 4.98 Å². The normalized spacial score (nSPS) is 17.9. The smallest absolute Gasteiger partial charge is 0.246 e. The first-order chi connectivity index (χ1) is 10.1. The molecule has 0 unspecified atom stereocenters. The van der Waals surface area contributed by atoms with Gasteiger partial charge in [-0.05, 0) is 24.5 Å². The first-order valence-electron chi connectivity index (χ1n) is 7.13. The highest BCUT2D eigenvalue weighted by Gasteiger charge is 2.35. The van der Waals surface area contributed by atoms with Crippen LogP contribution < -0.4 is 5.73 Å². The first kappa shape index (κ1) is 14.1. The summed E-state index contributed by atoms with van der Waals surface area (Å²) in [6.07, 6.45) is 5.05. The Bertz CT molecular complexity index is 636. The Labute approximate surface area is 121 Å². The molecule has 6 heteroatoms. The van der Waals surface area contributed by atoms with Crippen molar-refractivity contribution < 1.29 is 13.3 Å². The summed E-state index contributed by atoms with van der Waals surface area (Å²) in [6.45, 7) is 0. The second kappa shape index (κ2) is 5.52. The van der Waals surface area contributed by atoms with Crippen LogP contribution in [0.3, 0.4) is 0 Å². The summed E-state index contributed by atoms with van der Waals surface area (Å²) >= 11 is 0. The summed E-state index contributed by atoms with van der Waals surface area (Å²) < 4.78 is 31.8. The van der Waals surface area contributed by atoms with Crippen LogP contribution in [0.2, 0.25) is 0 Å². The Morgan fingerprint density at radius 2 is 1.95 bits per heavy atom. The van der Waals surface area contributed by atoms with E-state index in [9.17, 15) is 8.78 Å². The van der Waals surface area contributed by atoms with Crippen molar-refractivity contribution in [3.05, 3.63) is 47.1 Å². The van der Waals surface area contributed by atoms with Crippen LogP contribution in [0.5, 0.6) is 0 Å². The largest absolute Gasteiger partial charge is 0.337 e. The zero-order chi connectivity index (χ0) is 14.9. The zero-order valence-electron chi connectivity index (χ0n) is 11.6. The fraction of sp³-hybridized carbons (Fsp3) is 0.467. The van der Waals surface area contributed by atoms with E-state index in [1.165, 1.54) is 18.6 Å². The molecule has 0 radical (unpaired) electrons. The maximum Gasteiger partial charge on any atom is 0.246 e. The van der Waals surface area contributed by atoms with Crippen LogP contribution in [0.4, 0.5) is 8.78 Å². The molecule has 1 aliphatic rings. The van der Waals surface area contributed by atoms with Crippen molar-refractivity contribution in [2.24, 2.45) is 5.73 Å². The number of benzene rings is 1. The second-order valence-corrected chi connectivity index (χ2v) is 5.65. The molecule has 3 rings (SSSR count). The minimum atomic E-state index is -0.610. The molecule has 1 heterocycles. The molecule has 0 saturated heterocycles. The maximum atomic E-state index is 13.6. The SMILES string of the molecule is NC1(c2nc(Cc3ccc(F)cc3F)no2)CCCCC1. The number of hydrogen-bond donors (Lipinski definition) is 1. The minimum absolute atomic E-state index is 0.158. The number of halogens is 2. The number of nitrogens with zero attached hydrogens (tertiary/aromatic N) is 2. The Balaban J connectivity index is 1.78. The third-order valence-corrected chi connectivity index (χ3v) is 4.00. The predicted octanol–water partition coefficient (Wildman–Crippen LogP) is 3.06. The summed E-state index contributed by atoms with van der Waals surface area (Å²) in [6, 6.07) is 3.45. The highest BCUT2D eigenvalue weighted by atomic mass is 19.1. The van der Waals surface area contributed by atoms with E-state index in [4.69, 9.17) is 10.3 Å². The lowest BCUT2D eigenvalue weighted by molar-refractivity contribution is 0.219. The van der Waals surface area contributed by atoms with Gasteiger partial charge in [-0.3, -0.25) is 0 Å². The quantitative estimate of drug-likeness (QED) is 0.944. The second-order valence-electron chi connectivity index (χ2n) is 5.65. The fourth-order valence-corrected chi connectivity index (χ4v) is 2.76. The number of nitrogens with two attached hydrogens (primary N) is 1. The van der Waals surface area contributed by atoms with Gasteiger partial charge in [-0.15, -0.1) is 0 Å². The van der Waals surface area contributed by atoms with E-state index in [2.05, 4.69) is 10.1 Å². The molecular formula is C15H17F2N3O. The van der Waals surface area contributed by atoms with Crippen LogP contribution >= 0.6 is 0 Å². The van der Waals surface area contributed by atoms with Crippen molar-refractivity contribution in [2.75, 3.05) is 0 Å². The monoisotopic (exact) mass is 293 g/mol. The highest BCUT2D eigenvalue weighted by Crippen LogP contribution is 2.33. The van der Waals surface area contributed by atoms with Gasteiger partial charge in [0.1, 0.15) is 11.6 Å². The van der Waals surface area contributed by atoms with Crippen LogP contribution in [0, 0.1) is 11.6 Å². The molecule has 4 nitrogen and oxygen atoms in total. The third-order valence-electron chi connectivity index (χ3n) is 4.00. The van der Waals surface area contributed by atoms with E-state index in [-0.39, 0.29) is 6.42 Å². The van der Waals surface area contributed by atoms with Crippen LogP contribution in [-0.4, -0.2) is 10.1 Å². The average Bonchev–Trinajstić information content (AvgIpc) is 2.92. The topological polar surface area (TPSA) is 64.9 Å². The first-order valence-corrected chi connectivity index (χ1v) is 7.13. The van der Waals surface area contributed by atoms with Gasteiger partial charge >= 0.3 is 0 Å². The van der Waals surface area contributed by atoms with Crippen molar-refractivity contribution in [3.63, 3.8) is 0 Å². The van der Waals surface area contributed by atoms with E-state index < -0.39 is 17.2 Å². The minimum Gasteiger partial charge on any atom is -0.337 e. The lowest BCUT2D eigenvalue weighted by Crippen LogP contribution is -2.39. The molecule has 0 atom stereocenters. The average molecular weight is 293 g/mol. The van der Waals surface area contributed by atoms with Crippen molar-refractivity contribution >= 4 is 0 Å². The Morgan fingerprint density at radius 3 is 2.67 bits per heavy atom. The van der Waals surface area contributed by atoms with Gasteiger partial charge in [0.05, 0.1) is 5.54 Å². The molecule has 112 valence electrons. The highest BCUT2D eigenvalue weighted by molar-refractivity contribution is 5.22. The predicted molar refractivity (Wildman–Crippen MR) is 72.4 cm³/mol. The van der Waals surface area contributed by atoms with Gasteiger partial charge in [0.2, 0.25) is 5.89 Å². The number of hydrogen-bond acceptors (Lipinski definition) is 4. The van der Waals surface area contributed by atoms with E-state index in [1.54, 1.807) is 0 Å². The van der Waals surface area contributed by atoms with Gasteiger partial charge < -0.3 is 10.3 Å². The van der Waals surface area contributed by atoms with Gasteiger partial charge in [0.25, 0.3) is 0 Å². The molecule has 1 aromatic heterocycles. The molecule has 1 aliphatic carbocycles. The Morgan fingerprint density at radius 1 is 1.19 bits per heavy atom. The summed E-state index contributed by atoms with van der Waals surface area (Å²) in [7, 11) is 0. The van der Waals surface area contributed by atoms with Crippen LogP contribution in [-0.2, 0) is 12.0 Å². The zero-order valence-corrected chi connectivity index (χ0v) is 11.6. The molecule has 0 bridgehead atoms. The molecular weight excluding hydrogens is 276 g/mol. The molecule has 0 aliphatic heterocycles. The summed E-state index contributed by atoms with van der Waals surface area (Å²) in [5, 5.41) is 3.87. The standard InChI is InChI=1S/C15H17F2N3O/c16-11-5-4-10(12(17)9-11)8-13-19-14(21-20-13)15(18)6-2-1-3-7-15/h4-5,9H,1-3,6-8,18H2. The van der Waals surface area contributed by atoms with E-state index >= 15 is 0 Å². The van der Waals surface area contributed by atoms with E-state index in [0.29, 0.717) is 17.3 Å². The van der Waals surface area contributed by atoms with Gasteiger partial charge in [-0.1, -0.05) is 30.5 Å². The van der Waals surface area contributed by atoms with Crippen molar-refractivity contribution in [1.82, 2.24) is 10.1 Å². The van der Waals surface area contributed by atoms with E-state index in [0.717, 1.165) is 31.7 Å². The van der Waals surface area contributed by atoms with Crippen molar-refractivity contribution in [2.45, 2.75) is 44.1 Å². The molecule has 1 aromatic carbocycles. The van der Waals surface area contributed by atoms with Crippen molar-refractivity contribution in [3.8, 4) is 0 Å². The molecule has 0 spiro atoms. The molecule has 0 amide bonds. The van der Waals surface area contributed by atoms with Gasteiger partial charge in [-0.25, -0.2) is 8.78 Å². The molecule has 2 N–H and O–H groups in total. The summed E-state index contributed by atoms with van der Waals surface area (Å²) in [5.74, 6) is -0.430. The summed E-state index contributed by atoms with van der Waals surface area (Å²) in [4.78, 5) is 4.30. The fourth-order valence-electron chi connectivity index (χ4n) is 2.76. The number of aromatic nitrogens is 2. The van der Waals surface area contributed by atoms with Gasteiger partial charge in [0.15, 0.2) is 5.82 Å². The van der Waals surface area contributed by atoms with Crippen LogP contribution in [0.15, 0.2) is 22.7 Å². The Hall–Kier alpha value is -1.82.